The van der Waals surface area contributed by atoms with Crippen LogP contribution in [0, 0.1) is 0 Å². The summed E-state index contributed by atoms with van der Waals surface area (Å²) in [6.45, 7) is 1.60. The number of carbonyl (C=O) groups is 1. The van der Waals surface area contributed by atoms with Gasteiger partial charge in [0.25, 0.3) is 0 Å². The van der Waals surface area contributed by atoms with E-state index in [0.717, 1.165) is 89.9 Å². The Labute approximate surface area is 496 Å². The Balaban J connectivity index is 1.49. The lowest BCUT2D eigenvalue weighted by Gasteiger charge is -2.48. The number of carbonyl (C=O) groups excluding carboxylic acids is 1. The molecular weight excluding hydrogens is 1070 g/mol. The molecule has 12 N–H and O–H groups in total. The number of aliphatic hydroxyl groups is 11. The van der Waals surface area contributed by atoms with Crippen molar-refractivity contribution in [3.63, 3.8) is 0 Å². The molecular formula is C64H113NO18. The number of aliphatic hydroxyl groups excluding tert-OH is 11. The van der Waals surface area contributed by atoms with E-state index in [9.17, 15) is 61.0 Å². The van der Waals surface area contributed by atoms with Crippen LogP contribution in [0.4, 0.5) is 0 Å². The molecule has 0 radical (unpaired) electrons. The molecule has 3 saturated heterocycles. The average molecular weight is 1180 g/mol. The van der Waals surface area contributed by atoms with Gasteiger partial charge in [-0.25, -0.2) is 0 Å². The van der Waals surface area contributed by atoms with E-state index in [4.69, 9.17) is 28.4 Å². The van der Waals surface area contributed by atoms with Crippen molar-refractivity contribution in [2.75, 3.05) is 26.4 Å². The summed E-state index contributed by atoms with van der Waals surface area (Å²) in [6.07, 6.45) is 27.6. The molecule has 17 unspecified atom stereocenters. The third-order valence-electron chi connectivity index (χ3n) is 15.8. The minimum absolute atomic E-state index is 0.225. The van der Waals surface area contributed by atoms with Crippen molar-refractivity contribution in [1.29, 1.82) is 0 Å². The zero-order valence-corrected chi connectivity index (χ0v) is 50.4. The van der Waals surface area contributed by atoms with E-state index >= 15 is 0 Å². The molecule has 0 aromatic carbocycles. The second-order valence-electron chi connectivity index (χ2n) is 22.8. The lowest BCUT2D eigenvalue weighted by atomic mass is 9.96. The van der Waals surface area contributed by atoms with Gasteiger partial charge in [-0.15, -0.1) is 0 Å². The zero-order valence-electron chi connectivity index (χ0n) is 50.4. The van der Waals surface area contributed by atoms with Gasteiger partial charge in [0, 0.05) is 6.42 Å². The van der Waals surface area contributed by atoms with Gasteiger partial charge in [0.1, 0.15) is 73.2 Å². The van der Waals surface area contributed by atoms with Gasteiger partial charge in [-0.3, -0.25) is 4.79 Å². The van der Waals surface area contributed by atoms with Gasteiger partial charge in [0.05, 0.1) is 38.6 Å². The molecule has 17 atom stereocenters. The lowest BCUT2D eigenvalue weighted by molar-refractivity contribution is -0.379. The third kappa shape index (κ3) is 29.8. The SMILES string of the molecule is CC/C=C\C/C=C\C/C=C\C/C=C\CCCCCCCCC(=O)NC(COC1OC(CO)C(OC2OC(CO)C(OC3OC(CO)C(O)C(O)C3O)C(O)C2O)C(O)C1O)C(O)/C=C/CCCCCCCCCCCCCCCCCCC. The first-order valence-corrected chi connectivity index (χ1v) is 32.0. The third-order valence-corrected chi connectivity index (χ3v) is 15.8. The molecule has 19 nitrogen and oxygen atoms in total. The normalized spacial score (nSPS) is 29.8. The molecule has 3 aliphatic rings. The summed E-state index contributed by atoms with van der Waals surface area (Å²) >= 11 is 0. The molecule has 3 rings (SSSR count). The molecule has 0 aromatic heterocycles. The fourth-order valence-corrected chi connectivity index (χ4v) is 10.6. The topological polar surface area (TPSA) is 307 Å². The second kappa shape index (κ2) is 46.6. The molecule has 0 aliphatic carbocycles. The monoisotopic (exact) mass is 1180 g/mol. The highest BCUT2D eigenvalue weighted by atomic mass is 16.8. The van der Waals surface area contributed by atoms with Crippen molar-refractivity contribution in [3.05, 3.63) is 60.8 Å². The quantitative estimate of drug-likeness (QED) is 0.0220. The molecule has 0 bridgehead atoms. The summed E-state index contributed by atoms with van der Waals surface area (Å²) in [5.41, 5.74) is 0. The maximum Gasteiger partial charge on any atom is 0.220 e. The van der Waals surface area contributed by atoms with Gasteiger partial charge >= 0.3 is 0 Å². The standard InChI is InChI=1S/C64H113NO18/c1-3-5-7-9-11-13-15-17-19-21-23-25-27-29-31-33-35-37-39-41-48(69)47(65-52(70)42-40-38-36-34-32-30-28-26-24-22-20-18-16-14-12-10-8-6-4-2)46-78-62-58(76)55(73)60(50(44-67)80-62)83-64-59(77)56(74)61(51(45-68)81-64)82-63-57(75)54(72)53(71)49(43-66)79-63/h6,8,12,14,18,20,24,26,39,41,47-51,53-64,66-69,71-77H,3-5,7,9-11,13,15-17,19,21-23,25,27-38,40,42-46H2,1-2H3,(H,65,70)/b8-6-,14-12-,20-18-,26-24-,41-39+. The van der Waals surface area contributed by atoms with Gasteiger partial charge in [-0.1, -0.05) is 203 Å². The molecule has 19 heteroatoms. The Morgan fingerprint density at radius 2 is 0.831 bits per heavy atom. The number of allylic oxidation sites excluding steroid dienone is 9. The summed E-state index contributed by atoms with van der Waals surface area (Å²) in [5, 5.41) is 120. The molecule has 0 spiro atoms. The van der Waals surface area contributed by atoms with Crippen molar-refractivity contribution in [2.24, 2.45) is 0 Å². The maximum atomic E-state index is 13.4. The summed E-state index contributed by atoms with van der Waals surface area (Å²) in [7, 11) is 0. The fourth-order valence-electron chi connectivity index (χ4n) is 10.6. The van der Waals surface area contributed by atoms with Crippen LogP contribution >= 0.6 is 0 Å². The number of unbranched alkanes of at least 4 members (excludes halogenated alkanes) is 23. The Morgan fingerprint density at radius 3 is 1.30 bits per heavy atom. The first-order chi connectivity index (χ1) is 40.3. The van der Waals surface area contributed by atoms with Crippen molar-refractivity contribution in [1.82, 2.24) is 5.32 Å². The van der Waals surface area contributed by atoms with Crippen LogP contribution in [-0.2, 0) is 33.2 Å². The van der Waals surface area contributed by atoms with Crippen LogP contribution in [0.15, 0.2) is 60.8 Å². The minimum Gasteiger partial charge on any atom is -0.394 e. The number of ether oxygens (including phenoxy) is 6. The van der Waals surface area contributed by atoms with Gasteiger partial charge < -0.3 is 89.9 Å². The van der Waals surface area contributed by atoms with E-state index in [1.54, 1.807) is 6.08 Å². The van der Waals surface area contributed by atoms with Crippen LogP contribution in [-0.4, -0.2) is 193 Å². The predicted octanol–water partition coefficient (Wildman–Crippen LogP) is 6.82. The predicted molar refractivity (Wildman–Crippen MR) is 318 cm³/mol. The van der Waals surface area contributed by atoms with Crippen LogP contribution < -0.4 is 5.32 Å². The highest BCUT2D eigenvalue weighted by Gasteiger charge is 2.53. The number of hydrogen-bond donors (Lipinski definition) is 12. The lowest BCUT2D eigenvalue weighted by Crippen LogP contribution is -2.66. The second-order valence-corrected chi connectivity index (χ2v) is 22.8. The molecule has 3 aliphatic heterocycles. The molecule has 0 aromatic rings. The number of rotatable bonds is 47. The molecule has 482 valence electrons. The highest BCUT2D eigenvalue weighted by molar-refractivity contribution is 5.76. The van der Waals surface area contributed by atoms with Crippen LogP contribution in [0.2, 0.25) is 0 Å². The fraction of sp³-hybridized carbons (Fsp3) is 0.828. The zero-order chi connectivity index (χ0) is 60.5. The van der Waals surface area contributed by atoms with Gasteiger partial charge in [-0.2, -0.15) is 0 Å². The Bertz CT molecular complexity index is 1750. The summed E-state index contributed by atoms with van der Waals surface area (Å²) in [5.74, 6) is -0.291. The van der Waals surface area contributed by atoms with Crippen molar-refractivity contribution in [3.8, 4) is 0 Å². The Kier molecular flexibility index (Phi) is 42.0. The van der Waals surface area contributed by atoms with E-state index in [-0.39, 0.29) is 18.9 Å². The first kappa shape index (κ1) is 74.7. The molecule has 83 heavy (non-hydrogen) atoms. The van der Waals surface area contributed by atoms with Gasteiger partial charge in [-0.05, 0) is 57.8 Å². The van der Waals surface area contributed by atoms with Gasteiger partial charge in [0.15, 0.2) is 18.9 Å². The summed E-state index contributed by atoms with van der Waals surface area (Å²) < 4.78 is 34.3. The minimum atomic E-state index is -1.98. The Morgan fingerprint density at radius 1 is 0.446 bits per heavy atom. The largest absolute Gasteiger partial charge is 0.394 e. The molecule has 0 saturated carbocycles. The van der Waals surface area contributed by atoms with Crippen LogP contribution in [0.5, 0.6) is 0 Å². The first-order valence-electron chi connectivity index (χ1n) is 32.0. The van der Waals surface area contributed by atoms with E-state index in [1.165, 1.54) is 89.9 Å². The Hall–Kier alpha value is -2.51. The van der Waals surface area contributed by atoms with E-state index < -0.39 is 124 Å². The van der Waals surface area contributed by atoms with Crippen molar-refractivity contribution in [2.45, 2.75) is 311 Å². The van der Waals surface area contributed by atoms with E-state index in [0.29, 0.717) is 6.42 Å². The van der Waals surface area contributed by atoms with E-state index in [1.807, 2.05) is 6.08 Å². The van der Waals surface area contributed by atoms with Crippen LogP contribution in [0.3, 0.4) is 0 Å². The van der Waals surface area contributed by atoms with Crippen LogP contribution in [0.25, 0.3) is 0 Å². The average Bonchev–Trinajstić information content (AvgIpc) is 3.43. The number of nitrogens with one attached hydrogen (secondary N) is 1. The van der Waals surface area contributed by atoms with Crippen molar-refractivity contribution < 1.29 is 89.4 Å². The maximum absolute atomic E-state index is 13.4. The summed E-state index contributed by atoms with van der Waals surface area (Å²) in [6, 6.07) is -0.983. The van der Waals surface area contributed by atoms with Gasteiger partial charge in [0.2, 0.25) is 5.91 Å². The smallest absolute Gasteiger partial charge is 0.220 e. The number of hydrogen-bond acceptors (Lipinski definition) is 18. The number of amides is 1. The van der Waals surface area contributed by atoms with Crippen molar-refractivity contribution >= 4 is 5.91 Å². The summed E-state index contributed by atoms with van der Waals surface area (Å²) in [4.78, 5) is 13.4. The molecule has 3 heterocycles. The van der Waals surface area contributed by atoms with E-state index in [2.05, 4.69) is 67.8 Å². The molecule has 3 fully saturated rings. The molecule has 1 amide bonds. The van der Waals surface area contributed by atoms with Crippen LogP contribution in [0.1, 0.15) is 206 Å². The highest BCUT2D eigenvalue weighted by Crippen LogP contribution is 2.33.